The fraction of sp³-hybridized carbons (Fsp3) is 0.125. The maximum Gasteiger partial charge on any atom is 0.0461 e. The molecule has 0 heterocycles. The molecule has 0 saturated heterocycles. The molecular formula is C80H73N. The molecule has 0 N–H and O–H groups in total. The molecule has 6 atom stereocenters. The molecule has 6 unspecified atom stereocenters. The van der Waals surface area contributed by atoms with Gasteiger partial charge >= 0.3 is 0 Å². The van der Waals surface area contributed by atoms with Crippen LogP contribution in [0.15, 0.2) is 347 Å². The van der Waals surface area contributed by atoms with E-state index in [2.05, 4.69) is 310 Å². The minimum atomic E-state index is 0.0754. The zero-order valence-electron chi connectivity index (χ0n) is 46.5. The third-order valence-corrected chi connectivity index (χ3v) is 16.0. The molecule has 8 aromatic carbocycles. The van der Waals surface area contributed by atoms with Gasteiger partial charge in [-0.1, -0.05) is 286 Å². The van der Waals surface area contributed by atoms with Crippen LogP contribution in [0.5, 0.6) is 0 Å². The van der Waals surface area contributed by atoms with E-state index in [0.29, 0.717) is 11.8 Å². The second-order valence-corrected chi connectivity index (χ2v) is 21.2. The average Bonchev–Trinajstić information content (AvgIpc) is 3.54. The van der Waals surface area contributed by atoms with Gasteiger partial charge in [0.2, 0.25) is 0 Å². The van der Waals surface area contributed by atoms with Gasteiger partial charge in [0, 0.05) is 34.8 Å². The number of benzene rings is 8. The second-order valence-electron chi connectivity index (χ2n) is 21.2. The van der Waals surface area contributed by atoms with Gasteiger partial charge in [-0.15, -0.1) is 19.7 Å². The molecule has 2 aliphatic carbocycles. The van der Waals surface area contributed by atoms with Crippen molar-refractivity contribution in [3.8, 4) is 33.4 Å². The van der Waals surface area contributed by atoms with Gasteiger partial charge in [0.25, 0.3) is 0 Å². The number of hydrogen-bond acceptors (Lipinski definition) is 1. The van der Waals surface area contributed by atoms with Crippen molar-refractivity contribution >= 4 is 11.4 Å². The summed E-state index contributed by atoms with van der Waals surface area (Å²) < 4.78 is 0. The van der Waals surface area contributed by atoms with Crippen LogP contribution in [0.2, 0.25) is 0 Å². The summed E-state index contributed by atoms with van der Waals surface area (Å²) in [6, 6.07) is 77.8. The minimum absolute atomic E-state index is 0.0754. The van der Waals surface area contributed by atoms with E-state index in [1.54, 1.807) is 6.08 Å². The normalized spacial score (nSPS) is 16.5. The standard InChI is InChI=1S/C80H73N/c1-5-9-10-14-23-60-34-54-76(55-35-60)81(77-56-50-66(51-57-77)62(7-3)22-6-2)78-58-52-70(53-59-78)69-42-48-75(49-43-69)80(74-46-40-68(41-47-74)65-27-17-12-18-28-65)72-36-32-61(33-37-72)24-21-31-63(8-4)79(71-29-19-13-20-30-71)73-44-38-67(39-45-73)64-25-15-11-16-26-64/h5-21,23-30,32,34,36-63,79-80H,1-4,22,31,33,35H2/b10-9-,23-14+,24-21+. The quantitative estimate of drug-likeness (QED) is 0.0456. The molecule has 0 spiro atoms. The summed E-state index contributed by atoms with van der Waals surface area (Å²) in [5, 5.41) is 0. The van der Waals surface area contributed by atoms with Crippen molar-refractivity contribution in [3.63, 3.8) is 0 Å². The lowest BCUT2D eigenvalue weighted by Crippen LogP contribution is -2.17. The lowest BCUT2D eigenvalue weighted by molar-refractivity contribution is 0.576. The van der Waals surface area contributed by atoms with E-state index in [1.807, 2.05) is 24.3 Å². The molecule has 0 bridgehead atoms. The predicted octanol–water partition coefficient (Wildman–Crippen LogP) is 21.6. The molecule has 0 aromatic heterocycles. The molecule has 1 nitrogen and oxygen atoms in total. The Hall–Kier alpha value is -9.30. The monoisotopic (exact) mass is 1050 g/mol. The fourth-order valence-corrected chi connectivity index (χ4v) is 11.5. The summed E-state index contributed by atoms with van der Waals surface area (Å²) in [6.45, 7) is 16.3. The van der Waals surface area contributed by atoms with Crippen molar-refractivity contribution in [3.05, 3.63) is 375 Å². The molecule has 1 heteroatoms. The van der Waals surface area contributed by atoms with Crippen molar-refractivity contribution in [2.45, 2.75) is 43.4 Å². The van der Waals surface area contributed by atoms with Gasteiger partial charge in [-0.3, -0.25) is 0 Å². The maximum atomic E-state index is 4.38. The maximum absolute atomic E-state index is 4.38. The van der Waals surface area contributed by atoms with Crippen LogP contribution >= 0.6 is 0 Å². The van der Waals surface area contributed by atoms with E-state index < -0.39 is 0 Å². The van der Waals surface area contributed by atoms with Gasteiger partial charge in [0.05, 0.1) is 0 Å². The zero-order chi connectivity index (χ0) is 55.6. The highest BCUT2D eigenvalue weighted by atomic mass is 15.1. The van der Waals surface area contributed by atoms with Crippen LogP contribution < -0.4 is 4.90 Å². The van der Waals surface area contributed by atoms with Crippen molar-refractivity contribution in [2.24, 2.45) is 17.8 Å². The van der Waals surface area contributed by atoms with Crippen LogP contribution in [0.1, 0.15) is 71.3 Å². The van der Waals surface area contributed by atoms with Crippen molar-refractivity contribution in [1.82, 2.24) is 0 Å². The number of allylic oxidation sites excluding steroid dienone is 17. The van der Waals surface area contributed by atoms with E-state index in [4.69, 9.17) is 0 Å². The summed E-state index contributed by atoms with van der Waals surface area (Å²) in [5.74, 6) is 1.37. The molecule has 2 aliphatic rings. The summed E-state index contributed by atoms with van der Waals surface area (Å²) in [4.78, 5) is 2.37. The van der Waals surface area contributed by atoms with Crippen LogP contribution in [0.3, 0.4) is 0 Å². The number of anilines is 2. The average molecular weight is 1050 g/mol. The molecule has 398 valence electrons. The van der Waals surface area contributed by atoms with Crippen molar-refractivity contribution in [2.75, 3.05) is 4.90 Å². The topological polar surface area (TPSA) is 3.24 Å². The van der Waals surface area contributed by atoms with Crippen molar-refractivity contribution < 1.29 is 0 Å². The highest BCUT2D eigenvalue weighted by molar-refractivity contribution is 5.75. The SMILES string of the molecule is C=C/C=C\C=C\C1C=CC(N(c2ccc(-c3ccc(C(C4=CCC(/C=C/CC(C=C)C(c5ccccc5)c5ccc(-c6ccccc6)cc5)C=C4)c4ccc(-c5ccccc5)cc4)cc3)cc2)c2ccc(C(C=C)CC=C)cc2)=CC1. The Morgan fingerprint density at radius 3 is 1.38 bits per heavy atom. The highest BCUT2D eigenvalue weighted by Crippen LogP contribution is 2.41. The van der Waals surface area contributed by atoms with E-state index >= 15 is 0 Å². The Labute approximate surface area is 483 Å². The van der Waals surface area contributed by atoms with Crippen LogP contribution in [0.4, 0.5) is 11.4 Å². The van der Waals surface area contributed by atoms with Crippen LogP contribution in [-0.4, -0.2) is 0 Å². The molecular weight excluding hydrogens is 975 g/mol. The summed E-state index contributed by atoms with van der Waals surface area (Å²) in [6.07, 6.45) is 38.9. The molecule has 0 aliphatic heterocycles. The Balaban J connectivity index is 0.880. The van der Waals surface area contributed by atoms with Gasteiger partial charge in [-0.2, -0.15) is 0 Å². The smallest absolute Gasteiger partial charge is 0.0461 e. The summed E-state index contributed by atoms with van der Waals surface area (Å²) in [5.41, 5.74) is 18.4. The number of nitrogens with zero attached hydrogens (tertiary/aromatic N) is 1. The molecule has 0 saturated carbocycles. The third-order valence-electron chi connectivity index (χ3n) is 16.0. The van der Waals surface area contributed by atoms with E-state index in [1.165, 1.54) is 66.8 Å². The first-order chi connectivity index (χ1) is 40.0. The van der Waals surface area contributed by atoms with Gasteiger partial charge < -0.3 is 4.90 Å². The van der Waals surface area contributed by atoms with Gasteiger partial charge in [0.1, 0.15) is 0 Å². The Bertz CT molecular complexity index is 3570. The molecule has 81 heavy (non-hydrogen) atoms. The first-order valence-electron chi connectivity index (χ1n) is 28.7. The highest BCUT2D eigenvalue weighted by Gasteiger charge is 2.24. The van der Waals surface area contributed by atoms with Gasteiger partial charge in [0.15, 0.2) is 0 Å². The Kier molecular flexibility index (Phi) is 18.7. The fourth-order valence-electron chi connectivity index (χ4n) is 11.5. The predicted molar refractivity (Wildman–Crippen MR) is 349 cm³/mol. The van der Waals surface area contributed by atoms with Crippen LogP contribution in [0.25, 0.3) is 33.4 Å². The summed E-state index contributed by atoms with van der Waals surface area (Å²) in [7, 11) is 0. The van der Waals surface area contributed by atoms with Crippen LogP contribution in [0, 0.1) is 17.8 Å². The van der Waals surface area contributed by atoms with Gasteiger partial charge in [-0.05, 0) is 141 Å². The zero-order valence-corrected chi connectivity index (χ0v) is 46.5. The Morgan fingerprint density at radius 2 is 0.889 bits per heavy atom. The molecule has 0 fully saturated rings. The lowest BCUT2D eigenvalue weighted by atomic mass is 9.78. The number of hydrogen-bond donors (Lipinski definition) is 0. The molecule has 10 rings (SSSR count). The largest absolute Gasteiger partial charge is 0.311 e. The van der Waals surface area contributed by atoms with Gasteiger partial charge in [-0.25, -0.2) is 0 Å². The van der Waals surface area contributed by atoms with E-state index in [-0.39, 0.29) is 23.7 Å². The van der Waals surface area contributed by atoms with Crippen molar-refractivity contribution in [1.29, 1.82) is 0 Å². The van der Waals surface area contributed by atoms with E-state index in [0.717, 1.165) is 42.8 Å². The first kappa shape index (κ1) is 55.0. The Morgan fingerprint density at radius 1 is 0.420 bits per heavy atom. The summed E-state index contributed by atoms with van der Waals surface area (Å²) >= 11 is 0. The third kappa shape index (κ3) is 13.8. The first-order valence-corrected chi connectivity index (χ1v) is 28.7. The van der Waals surface area contributed by atoms with E-state index in [9.17, 15) is 0 Å². The number of rotatable bonds is 23. The molecule has 0 amide bonds. The second kappa shape index (κ2) is 27.5. The molecule has 8 aromatic rings. The molecule has 0 radical (unpaired) electrons. The lowest BCUT2D eigenvalue weighted by Gasteiger charge is -2.29. The minimum Gasteiger partial charge on any atom is -0.311 e. The van der Waals surface area contributed by atoms with Crippen LogP contribution in [-0.2, 0) is 0 Å².